The van der Waals surface area contributed by atoms with Crippen LogP contribution in [0.5, 0.6) is 0 Å². The maximum absolute atomic E-state index is 5.22. The monoisotopic (exact) mass is 264 g/mol. The third kappa shape index (κ3) is 3.80. The van der Waals surface area contributed by atoms with E-state index in [1.807, 2.05) is 6.07 Å². The van der Waals surface area contributed by atoms with Gasteiger partial charge in [-0.1, -0.05) is 0 Å². The SMILES string of the molecule is CCNc1cc(N(CCOC)C(C)C2CC2)ncn1. The quantitative estimate of drug-likeness (QED) is 0.779. The molecular weight excluding hydrogens is 240 g/mol. The molecule has 2 rings (SSSR count). The molecule has 19 heavy (non-hydrogen) atoms. The van der Waals surface area contributed by atoms with Crippen LogP contribution >= 0.6 is 0 Å². The summed E-state index contributed by atoms with van der Waals surface area (Å²) >= 11 is 0. The first-order valence-electron chi connectivity index (χ1n) is 7.07. The summed E-state index contributed by atoms with van der Waals surface area (Å²) in [6.45, 7) is 6.81. The van der Waals surface area contributed by atoms with Crippen molar-refractivity contribution >= 4 is 11.6 Å². The Morgan fingerprint density at radius 2 is 2.26 bits per heavy atom. The Morgan fingerprint density at radius 1 is 1.47 bits per heavy atom. The van der Waals surface area contributed by atoms with Crippen LogP contribution in [0.4, 0.5) is 11.6 Å². The Kier molecular flexibility index (Phi) is 4.96. The number of methoxy groups -OCH3 is 1. The van der Waals surface area contributed by atoms with E-state index in [2.05, 4.69) is 34.0 Å². The summed E-state index contributed by atoms with van der Waals surface area (Å²) in [5.41, 5.74) is 0. The molecule has 0 radical (unpaired) electrons. The lowest BCUT2D eigenvalue weighted by molar-refractivity contribution is 0.202. The molecule has 0 aliphatic heterocycles. The molecule has 1 unspecified atom stereocenters. The summed E-state index contributed by atoms with van der Waals surface area (Å²) in [5.74, 6) is 2.68. The molecule has 1 saturated carbocycles. The van der Waals surface area contributed by atoms with E-state index in [-0.39, 0.29) is 0 Å². The average molecular weight is 264 g/mol. The minimum absolute atomic E-state index is 0.513. The molecule has 1 atom stereocenters. The molecule has 0 amide bonds. The highest BCUT2D eigenvalue weighted by molar-refractivity contribution is 5.49. The van der Waals surface area contributed by atoms with Crippen molar-refractivity contribution in [1.29, 1.82) is 0 Å². The first-order valence-corrected chi connectivity index (χ1v) is 7.07. The Bertz CT molecular complexity index is 395. The van der Waals surface area contributed by atoms with Gasteiger partial charge >= 0.3 is 0 Å². The number of nitrogens with zero attached hydrogens (tertiary/aromatic N) is 3. The molecule has 1 fully saturated rings. The first-order chi connectivity index (χ1) is 9.26. The van der Waals surface area contributed by atoms with Crippen LogP contribution in [0.25, 0.3) is 0 Å². The zero-order chi connectivity index (χ0) is 13.7. The summed E-state index contributed by atoms with van der Waals surface area (Å²) in [4.78, 5) is 11.0. The Labute approximate surface area is 115 Å². The molecule has 0 saturated heterocycles. The van der Waals surface area contributed by atoms with Gasteiger partial charge in [0, 0.05) is 32.3 Å². The minimum atomic E-state index is 0.513. The normalized spacial score (nSPS) is 16.2. The number of rotatable bonds is 8. The van der Waals surface area contributed by atoms with E-state index in [0.29, 0.717) is 6.04 Å². The summed E-state index contributed by atoms with van der Waals surface area (Å²) < 4.78 is 5.22. The van der Waals surface area contributed by atoms with E-state index in [4.69, 9.17) is 4.74 Å². The summed E-state index contributed by atoms with van der Waals surface area (Å²) in [5, 5.41) is 3.23. The molecule has 1 N–H and O–H groups in total. The standard InChI is InChI=1S/C14H24N4O/c1-4-15-13-9-14(17-10-16-13)18(7-8-19-3)11(2)12-5-6-12/h9-12H,4-8H2,1-3H3,(H,15,16,17). The molecule has 1 aromatic rings. The van der Waals surface area contributed by atoms with E-state index < -0.39 is 0 Å². The van der Waals surface area contributed by atoms with E-state index in [1.54, 1.807) is 13.4 Å². The molecule has 1 heterocycles. The first kappa shape index (κ1) is 14.1. The van der Waals surface area contributed by atoms with Crippen LogP contribution in [0.3, 0.4) is 0 Å². The van der Waals surface area contributed by atoms with Crippen LogP contribution in [0.1, 0.15) is 26.7 Å². The van der Waals surface area contributed by atoms with Crippen LogP contribution < -0.4 is 10.2 Å². The summed E-state index contributed by atoms with van der Waals surface area (Å²) in [7, 11) is 1.74. The third-order valence-corrected chi connectivity index (χ3v) is 3.64. The van der Waals surface area contributed by atoms with E-state index in [1.165, 1.54) is 12.8 Å². The summed E-state index contributed by atoms with van der Waals surface area (Å²) in [6, 6.07) is 2.54. The number of hydrogen-bond donors (Lipinski definition) is 1. The molecule has 1 aromatic heterocycles. The molecule has 0 aromatic carbocycles. The van der Waals surface area contributed by atoms with Gasteiger partial charge in [-0.3, -0.25) is 0 Å². The van der Waals surface area contributed by atoms with Gasteiger partial charge in [-0.2, -0.15) is 0 Å². The van der Waals surface area contributed by atoms with Gasteiger partial charge in [0.05, 0.1) is 6.61 Å². The molecule has 0 spiro atoms. The number of hydrogen-bond acceptors (Lipinski definition) is 5. The number of ether oxygens (including phenoxy) is 1. The minimum Gasteiger partial charge on any atom is -0.383 e. The lowest BCUT2D eigenvalue weighted by atomic mass is 10.2. The zero-order valence-corrected chi connectivity index (χ0v) is 12.1. The Hall–Kier alpha value is -1.36. The molecule has 106 valence electrons. The second-order valence-corrected chi connectivity index (χ2v) is 5.06. The van der Waals surface area contributed by atoms with Crippen molar-refractivity contribution in [3.8, 4) is 0 Å². The topological polar surface area (TPSA) is 50.3 Å². The van der Waals surface area contributed by atoms with Crippen LogP contribution in [0.2, 0.25) is 0 Å². The maximum atomic E-state index is 5.22. The van der Waals surface area contributed by atoms with Gasteiger partial charge in [0.1, 0.15) is 18.0 Å². The predicted molar refractivity (Wildman–Crippen MR) is 77.6 cm³/mol. The highest BCUT2D eigenvalue weighted by Crippen LogP contribution is 2.36. The Morgan fingerprint density at radius 3 is 2.89 bits per heavy atom. The van der Waals surface area contributed by atoms with Crippen molar-refractivity contribution in [2.75, 3.05) is 37.0 Å². The lowest BCUT2D eigenvalue weighted by Gasteiger charge is -2.30. The molecule has 5 nitrogen and oxygen atoms in total. The van der Waals surface area contributed by atoms with Gasteiger partial charge in [0.2, 0.25) is 0 Å². The van der Waals surface area contributed by atoms with Gasteiger partial charge in [-0.15, -0.1) is 0 Å². The Balaban J connectivity index is 2.13. The fourth-order valence-electron chi connectivity index (χ4n) is 2.33. The summed E-state index contributed by atoms with van der Waals surface area (Å²) in [6.07, 6.45) is 4.29. The maximum Gasteiger partial charge on any atom is 0.134 e. The highest BCUT2D eigenvalue weighted by atomic mass is 16.5. The zero-order valence-electron chi connectivity index (χ0n) is 12.1. The van der Waals surface area contributed by atoms with Crippen molar-refractivity contribution < 1.29 is 4.74 Å². The number of anilines is 2. The van der Waals surface area contributed by atoms with Crippen LogP contribution in [-0.2, 0) is 4.74 Å². The largest absolute Gasteiger partial charge is 0.383 e. The van der Waals surface area contributed by atoms with E-state index in [0.717, 1.165) is 37.3 Å². The fraction of sp³-hybridized carbons (Fsp3) is 0.714. The van der Waals surface area contributed by atoms with Crippen LogP contribution in [0.15, 0.2) is 12.4 Å². The second-order valence-electron chi connectivity index (χ2n) is 5.06. The van der Waals surface area contributed by atoms with Gasteiger partial charge in [-0.05, 0) is 32.6 Å². The van der Waals surface area contributed by atoms with Crippen molar-refractivity contribution in [1.82, 2.24) is 9.97 Å². The van der Waals surface area contributed by atoms with Crippen molar-refractivity contribution in [3.05, 3.63) is 12.4 Å². The molecular formula is C14H24N4O. The third-order valence-electron chi connectivity index (χ3n) is 3.64. The number of aromatic nitrogens is 2. The average Bonchev–Trinajstić information content (AvgIpc) is 3.24. The van der Waals surface area contributed by atoms with E-state index in [9.17, 15) is 0 Å². The lowest BCUT2D eigenvalue weighted by Crippen LogP contribution is -2.38. The van der Waals surface area contributed by atoms with Gasteiger partial charge in [-0.25, -0.2) is 9.97 Å². The van der Waals surface area contributed by atoms with Gasteiger partial charge in [0.15, 0.2) is 0 Å². The van der Waals surface area contributed by atoms with Crippen molar-refractivity contribution in [2.24, 2.45) is 5.92 Å². The van der Waals surface area contributed by atoms with Crippen LogP contribution in [0, 0.1) is 5.92 Å². The van der Waals surface area contributed by atoms with Crippen molar-refractivity contribution in [3.63, 3.8) is 0 Å². The second kappa shape index (κ2) is 6.70. The predicted octanol–water partition coefficient (Wildman–Crippen LogP) is 2.16. The van der Waals surface area contributed by atoms with Gasteiger partial charge < -0.3 is 15.0 Å². The highest BCUT2D eigenvalue weighted by Gasteiger charge is 2.32. The smallest absolute Gasteiger partial charge is 0.134 e. The van der Waals surface area contributed by atoms with Crippen molar-refractivity contribution in [2.45, 2.75) is 32.7 Å². The molecule has 1 aliphatic rings. The number of nitrogens with one attached hydrogen (secondary N) is 1. The molecule has 1 aliphatic carbocycles. The van der Waals surface area contributed by atoms with Crippen LogP contribution in [-0.4, -0.2) is 42.8 Å². The fourth-order valence-corrected chi connectivity index (χ4v) is 2.33. The van der Waals surface area contributed by atoms with E-state index >= 15 is 0 Å². The molecule has 0 bridgehead atoms. The van der Waals surface area contributed by atoms with Gasteiger partial charge in [0.25, 0.3) is 0 Å². The molecule has 5 heteroatoms.